The Labute approximate surface area is 295 Å². The van der Waals surface area contributed by atoms with E-state index in [0.717, 1.165) is 59.9 Å². The number of hydrogen-bond acceptors (Lipinski definition) is 4. The van der Waals surface area contributed by atoms with E-state index in [2.05, 4.69) is 48.8 Å². The highest BCUT2D eigenvalue weighted by molar-refractivity contribution is 6.31. The molecule has 0 saturated heterocycles. The smallest absolute Gasteiger partial charge is 0.0741 e. The second kappa shape index (κ2) is 13.7. The number of rotatable bonds is 11. The van der Waals surface area contributed by atoms with Gasteiger partial charge in [0.1, 0.15) is 0 Å². The Hall–Kier alpha value is -3.08. The summed E-state index contributed by atoms with van der Waals surface area (Å²) in [4.78, 5) is 10.3. The topological polar surface area (TPSA) is 49.8 Å². The number of nitrogens with zero attached hydrogens (tertiary/aromatic N) is 2. The molecule has 0 saturated carbocycles. The maximum Gasteiger partial charge on any atom is 0.0741 e. The van der Waals surface area contributed by atoms with Crippen LogP contribution in [0.4, 0.5) is 11.4 Å². The monoisotopic (exact) mass is 678 g/mol. The van der Waals surface area contributed by atoms with Gasteiger partial charge in [0, 0.05) is 67.8 Å². The summed E-state index contributed by atoms with van der Waals surface area (Å²) >= 11 is 12.8. The van der Waals surface area contributed by atoms with E-state index < -0.39 is 0 Å². The minimum absolute atomic E-state index is 0.571. The van der Waals surface area contributed by atoms with E-state index in [-0.39, 0.29) is 0 Å². The first-order chi connectivity index (χ1) is 23.4. The van der Waals surface area contributed by atoms with Crippen LogP contribution in [0.1, 0.15) is 112 Å². The predicted octanol–water partition coefficient (Wildman–Crippen LogP) is 11.9. The lowest BCUT2D eigenvalue weighted by Gasteiger charge is -2.36. The van der Waals surface area contributed by atoms with E-state index in [0.29, 0.717) is 23.7 Å². The van der Waals surface area contributed by atoms with Gasteiger partial charge in [0.2, 0.25) is 0 Å². The SMILES string of the molecule is CC1=C[C@H]2Cc3nc4cc(Cl)ccc4c(NCCCCCCCCNc4c5c(nc6cc(Cl)ccc46)C[C@@H]4C=C(C)C[C@H]5C4)c3[C@@H](C1)C2. The zero-order chi connectivity index (χ0) is 32.8. The number of benzene rings is 2. The van der Waals surface area contributed by atoms with Crippen LogP contribution in [-0.2, 0) is 12.8 Å². The number of nitrogens with one attached hydrogen (secondary N) is 2. The average Bonchev–Trinajstić information content (AvgIpc) is 3.03. The van der Waals surface area contributed by atoms with Crippen LogP contribution in [0.3, 0.4) is 0 Å². The molecule has 0 aliphatic heterocycles. The third-order valence-electron chi connectivity index (χ3n) is 11.4. The number of pyridine rings is 2. The van der Waals surface area contributed by atoms with Crippen molar-refractivity contribution in [3.8, 4) is 0 Å². The van der Waals surface area contributed by atoms with Gasteiger partial charge < -0.3 is 10.6 Å². The van der Waals surface area contributed by atoms with Crippen LogP contribution in [0.2, 0.25) is 10.0 Å². The van der Waals surface area contributed by atoms with E-state index in [4.69, 9.17) is 33.2 Å². The number of allylic oxidation sites excluding steroid dienone is 4. The molecule has 4 nitrogen and oxygen atoms in total. The maximum absolute atomic E-state index is 6.40. The molecule has 4 bridgehead atoms. The fourth-order valence-corrected chi connectivity index (χ4v) is 9.87. The van der Waals surface area contributed by atoms with Crippen molar-refractivity contribution in [1.82, 2.24) is 9.97 Å². The molecule has 4 aliphatic rings. The fourth-order valence-electron chi connectivity index (χ4n) is 9.54. The normalized spacial score (nSPS) is 22.6. The van der Waals surface area contributed by atoms with Crippen molar-refractivity contribution in [3.63, 3.8) is 0 Å². The van der Waals surface area contributed by atoms with Crippen molar-refractivity contribution in [3.05, 3.63) is 92.3 Å². The summed E-state index contributed by atoms with van der Waals surface area (Å²) in [6, 6.07) is 12.4. The second-order valence-electron chi connectivity index (χ2n) is 15.2. The Bertz CT molecular complexity index is 1790. The first-order valence-corrected chi connectivity index (χ1v) is 19.2. The molecule has 0 unspecified atom stereocenters. The Kier molecular flexibility index (Phi) is 9.16. The van der Waals surface area contributed by atoms with Crippen LogP contribution < -0.4 is 10.6 Å². The Balaban J connectivity index is 0.850. The van der Waals surface area contributed by atoms with E-state index in [1.807, 2.05) is 24.3 Å². The first-order valence-electron chi connectivity index (χ1n) is 18.5. The van der Waals surface area contributed by atoms with Gasteiger partial charge in [0.25, 0.3) is 0 Å². The lowest BCUT2D eigenvalue weighted by molar-refractivity contribution is 0.433. The molecule has 0 fully saturated rings. The quantitative estimate of drug-likeness (QED) is 0.122. The summed E-state index contributed by atoms with van der Waals surface area (Å²) in [5.74, 6) is 2.39. The molecule has 2 aromatic carbocycles. The average molecular weight is 680 g/mol. The van der Waals surface area contributed by atoms with E-state index in [9.17, 15) is 0 Å². The number of anilines is 2. The zero-order valence-corrected chi connectivity index (χ0v) is 30.0. The molecular weight excluding hydrogens is 631 g/mol. The first kappa shape index (κ1) is 32.1. The lowest BCUT2D eigenvalue weighted by atomic mass is 9.71. The van der Waals surface area contributed by atoms with Crippen LogP contribution in [0.5, 0.6) is 0 Å². The van der Waals surface area contributed by atoms with Crippen molar-refractivity contribution in [2.75, 3.05) is 23.7 Å². The summed E-state index contributed by atoms with van der Waals surface area (Å²) in [6.45, 7) is 6.60. The summed E-state index contributed by atoms with van der Waals surface area (Å²) in [5, 5.41) is 11.8. The van der Waals surface area contributed by atoms with Gasteiger partial charge in [-0.3, -0.25) is 9.97 Å². The van der Waals surface area contributed by atoms with Gasteiger partial charge in [-0.2, -0.15) is 0 Å². The lowest BCUT2D eigenvalue weighted by Crippen LogP contribution is -2.24. The minimum atomic E-state index is 0.571. The van der Waals surface area contributed by atoms with Crippen LogP contribution in [0.15, 0.2) is 59.7 Å². The van der Waals surface area contributed by atoms with Gasteiger partial charge in [-0.15, -0.1) is 0 Å². The fraction of sp³-hybridized carbons (Fsp3) is 0.476. The van der Waals surface area contributed by atoms with Crippen molar-refractivity contribution in [1.29, 1.82) is 0 Å². The third-order valence-corrected chi connectivity index (χ3v) is 11.9. The number of hydrogen-bond donors (Lipinski definition) is 2. The zero-order valence-electron chi connectivity index (χ0n) is 28.5. The molecular formula is C42H48Cl2N4. The molecule has 250 valence electrons. The highest BCUT2D eigenvalue weighted by Crippen LogP contribution is 2.49. The summed E-state index contributed by atoms with van der Waals surface area (Å²) in [5.41, 5.74) is 13.3. The number of unbranched alkanes of at least 4 members (excludes halogenated alkanes) is 5. The molecule has 4 atom stereocenters. The maximum atomic E-state index is 6.40. The van der Waals surface area contributed by atoms with Gasteiger partial charge in [0.05, 0.1) is 11.0 Å². The van der Waals surface area contributed by atoms with Gasteiger partial charge in [-0.1, -0.05) is 72.2 Å². The molecule has 2 N–H and O–H groups in total. The Morgan fingerprint density at radius 1 is 0.604 bits per heavy atom. The van der Waals surface area contributed by atoms with E-state index >= 15 is 0 Å². The predicted molar refractivity (Wildman–Crippen MR) is 204 cm³/mol. The number of fused-ring (bicyclic) bond motifs is 10. The largest absolute Gasteiger partial charge is 0.384 e. The summed E-state index contributed by atoms with van der Waals surface area (Å²) < 4.78 is 0. The molecule has 6 heteroatoms. The molecule has 8 rings (SSSR count). The molecule has 0 radical (unpaired) electrons. The Morgan fingerprint density at radius 2 is 1.04 bits per heavy atom. The standard InChI is InChI=1S/C42H48Cl2N4/c1-25-15-27-19-29(17-25)39-37(21-27)47-35-23-31(43)9-11-33(35)41(39)45-13-7-5-3-4-6-8-14-46-42-34-12-10-32(44)24-36(34)48-38-22-28-16-26(2)18-30(20-28)40(38)42/h9-12,15-16,23-24,27-30H,3-8,13-14,17-22H2,1-2H3,(H,45,47)(H,46,48)/t27-,28-,29+,30+/m1/s1. The molecule has 2 aromatic heterocycles. The van der Waals surface area contributed by atoms with E-state index in [1.165, 1.54) is 107 Å². The van der Waals surface area contributed by atoms with Crippen molar-refractivity contribution < 1.29 is 0 Å². The number of halogens is 2. The van der Waals surface area contributed by atoms with Gasteiger partial charge in [0.15, 0.2) is 0 Å². The van der Waals surface area contributed by atoms with E-state index in [1.54, 1.807) is 0 Å². The van der Waals surface area contributed by atoms with Crippen LogP contribution >= 0.6 is 23.2 Å². The van der Waals surface area contributed by atoms with Gasteiger partial charge in [-0.25, -0.2) is 0 Å². The van der Waals surface area contributed by atoms with Crippen molar-refractivity contribution in [2.24, 2.45) is 11.8 Å². The van der Waals surface area contributed by atoms with Gasteiger partial charge >= 0.3 is 0 Å². The van der Waals surface area contributed by atoms with Crippen LogP contribution in [0.25, 0.3) is 21.8 Å². The molecule has 4 aliphatic carbocycles. The summed E-state index contributed by atoms with van der Waals surface area (Å²) in [6.07, 6.45) is 19.3. The Morgan fingerprint density at radius 3 is 1.50 bits per heavy atom. The third kappa shape index (κ3) is 6.48. The molecule has 2 heterocycles. The minimum Gasteiger partial charge on any atom is -0.384 e. The molecule has 0 amide bonds. The second-order valence-corrected chi connectivity index (χ2v) is 16.1. The van der Waals surface area contributed by atoms with Crippen molar-refractivity contribution >= 4 is 56.4 Å². The van der Waals surface area contributed by atoms with Gasteiger partial charge in [-0.05, 0) is 125 Å². The van der Waals surface area contributed by atoms with Crippen molar-refractivity contribution in [2.45, 2.75) is 103 Å². The summed E-state index contributed by atoms with van der Waals surface area (Å²) in [7, 11) is 0. The van der Waals surface area contributed by atoms with Crippen LogP contribution in [0, 0.1) is 11.8 Å². The number of aromatic nitrogens is 2. The highest BCUT2D eigenvalue weighted by Gasteiger charge is 2.34. The molecule has 4 aromatic rings. The van der Waals surface area contributed by atoms with Crippen LogP contribution in [-0.4, -0.2) is 23.1 Å². The molecule has 0 spiro atoms. The highest BCUT2D eigenvalue weighted by atomic mass is 35.5. The molecule has 48 heavy (non-hydrogen) atoms.